The van der Waals surface area contributed by atoms with Crippen LogP contribution in [0.2, 0.25) is 5.28 Å². The average molecular weight is 290 g/mol. The monoisotopic (exact) mass is 289 g/mol. The van der Waals surface area contributed by atoms with Crippen molar-refractivity contribution in [2.75, 3.05) is 0 Å². The molecule has 2 rings (SSSR count). The van der Waals surface area contributed by atoms with Crippen molar-refractivity contribution in [3.8, 4) is 0 Å². The fourth-order valence-electron chi connectivity index (χ4n) is 1.84. The second kappa shape index (κ2) is 5.21. The molecule has 0 amide bonds. The number of rotatable bonds is 3. The largest absolute Gasteiger partial charge is 0.416 e. The lowest BCUT2D eigenvalue weighted by Crippen LogP contribution is -2.13. The van der Waals surface area contributed by atoms with E-state index in [1.165, 1.54) is 16.7 Å². The highest BCUT2D eigenvalue weighted by Crippen LogP contribution is 2.32. The number of halogens is 4. The van der Waals surface area contributed by atoms with Gasteiger partial charge in [-0.15, -0.1) is 10.2 Å². The first-order chi connectivity index (χ1) is 8.93. The molecule has 0 bridgehead atoms. The molecule has 0 aliphatic heterocycles. The lowest BCUT2D eigenvalue weighted by atomic mass is 10.1. The highest BCUT2D eigenvalue weighted by Gasteiger charge is 2.33. The second-order valence-electron chi connectivity index (χ2n) is 3.98. The van der Waals surface area contributed by atoms with Crippen molar-refractivity contribution in [3.05, 3.63) is 46.5 Å². The summed E-state index contributed by atoms with van der Waals surface area (Å²) >= 11 is 5.85. The molecular formula is C12H11ClF3N3. The summed E-state index contributed by atoms with van der Waals surface area (Å²) in [6, 6.07) is 5.41. The molecule has 3 nitrogen and oxygen atoms in total. The van der Waals surface area contributed by atoms with Crippen molar-refractivity contribution < 1.29 is 13.2 Å². The van der Waals surface area contributed by atoms with Crippen LogP contribution in [0.25, 0.3) is 0 Å². The number of aromatic nitrogens is 3. The van der Waals surface area contributed by atoms with Crippen molar-refractivity contribution in [2.45, 2.75) is 26.1 Å². The molecule has 102 valence electrons. The Hall–Kier alpha value is -1.56. The van der Waals surface area contributed by atoms with Crippen LogP contribution in [0.1, 0.15) is 23.9 Å². The van der Waals surface area contributed by atoms with Crippen LogP contribution in [0, 0.1) is 0 Å². The van der Waals surface area contributed by atoms with Gasteiger partial charge < -0.3 is 0 Å². The zero-order chi connectivity index (χ0) is 14.0. The van der Waals surface area contributed by atoms with Gasteiger partial charge in [-0.3, -0.25) is 4.57 Å². The van der Waals surface area contributed by atoms with E-state index in [1.807, 2.05) is 6.92 Å². The molecule has 0 aliphatic carbocycles. The Balaban J connectivity index is 2.41. The van der Waals surface area contributed by atoms with Gasteiger partial charge in [-0.2, -0.15) is 13.2 Å². The van der Waals surface area contributed by atoms with Crippen LogP contribution in [-0.2, 0) is 19.1 Å². The van der Waals surface area contributed by atoms with E-state index in [2.05, 4.69) is 10.2 Å². The molecule has 1 aromatic heterocycles. The Morgan fingerprint density at radius 3 is 2.53 bits per heavy atom. The molecule has 0 fully saturated rings. The number of aryl methyl sites for hydroxylation is 1. The molecule has 0 unspecified atom stereocenters. The number of hydrogen-bond acceptors (Lipinski definition) is 2. The third-order valence-electron chi connectivity index (χ3n) is 2.75. The number of hydrogen-bond donors (Lipinski definition) is 0. The summed E-state index contributed by atoms with van der Waals surface area (Å²) in [4.78, 5) is 0. The molecule has 0 aliphatic rings. The molecule has 7 heteroatoms. The first-order valence-corrected chi connectivity index (χ1v) is 6.04. The van der Waals surface area contributed by atoms with Crippen molar-refractivity contribution in [1.29, 1.82) is 0 Å². The summed E-state index contributed by atoms with van der Waals surface area (Å²) in [6.45, 7) is 1.84. The molecule has 0 spiro atoms. The Labute approximate surface area is 113 Å². The molecule has 2 aromatic rings. The maximum Gasteiger partial charge on any atom is 0.416 e. The molecule has 0 atom stereocenters. The van der Waals surface area contributed by atoms with Gasteiger partial charge >= 0.3 is 6.18 Å². The van der Waals surface area contributed by atoms with Crippen molar-refractivity contribution in [3.63, 3.8) is 0 Å². The smallest absolute Gasteiger partial charge is 0.297 e. The highest BCUT2D eigenvalue weighted by molar-refractivity contribution is 6.28. The standard InChI is InChI=1S/C12H11ClF3N3/c1-2-10-17-18-11(13)19(10)7-8-5-3-4-6-9(8)12(14,15)16/h3-6H,2,7H2,1H3. The Morgan fingerprint density at radius 1 is 1.21 bits per heavy atom. The number of benzene rings is 1. The van der Waals surface area contributed by atoms with E-state index in [4.69, 9.17) is 11.6 Å². The molecule has 1 aromatic carbocycles. The fraction of sp³-hybridized carbons (Fsp3) is 0.333. The Kier molecular flexibility index (Phi) is 3.80. The Bertz CT molecular complexity index is 578. The molecule has 19 heavy (non-hydrogen) atoms. The molecule has 0 saturated heterocycles. The Morgan fingerprint density at radius 2 is 1.89 bits per heavy atom. The van der Waals surface area contributed by atoms with E-state index >= 15 is 0 Å². The van der Waals surface area contributed by atoms with Crippen LogP contribution in [0.4, 0.5) is 13.2 Å². The maximum atomic E-state index is 12.9. The minimum Gasteiger partial charge on any atom is -0.297 e. The van der Waals surface area contributed by atoms with E-state index in [0.29, 0.717) is 12.2 Å². The van der Waals surface area contributed by atoms with Gasteiger partial charge in [-0.05, 0) is 23.2 Å². The zero-order valence-electron chi connectivity index (χ0n) is 10.1. The van der Waals surface area contributed by atoms with Crippen LogP contribution in [0.5, 0.6) is 0 Å². The molecule has 1 heterocycles. The van der Waals surface area contributed by atoms with Gasteiger partial charge in [0.05, 0.1) is 12.1 Å². The summed E-state index contributed by atoms with van der Waals surface area (Å²) in [6.07, 6.45) is -3.84. The number of nitrogens with zero attached hydrogens (tertiary/aromatic N) is 3. The van der Waals surface area contributed by atoms with Crippen molar-refractivity contribution >= 4 is 11.6 Å². The summed E-state index contributed by atoms with van der Waals surface area (Å²) < 4.78 is 40.1. The summed E-state index contributed by atoms with van der Waals surface area (Å²) in [5.41, 5.74) is -0.520. The quantitative estimate of drug-likeness (QED) is 0.865. The van der Waals surface area contributed by atoms with Crippen LogP contribution in [0.15, 0.2) is 24.3 Å². The third kappa shape index (κ3) is 2.89. The van der Waals surface area contributed by atoms with Crippen molar-refractivity contribution in [2.24, 2.45) is 0 Å². The van der Waals surface area contributed by atoms with Gasteiger partial charge in [0.2, 0.25) is 5.28 Å². The average Bonchev–Trinajstić information content (AvgIpc) is 2.70. The first kappa shape index (κ1) is 13.9. The molecular weight excluding hydrogens is 279 g/mol. The van der Waals surface area contributed by atoms with Gasteiger partial charge in [0, 0.05) is 6.42 Å². The van der Waals surface area contributed by atoms with E-state index in [9.17, 15) is 13.2 Å². The SMILES string of the molecule is CCc1nnc(Cl)n1Cc1ccccc1C(F)(F)F. The van der Waals surface area contributed by atoms with Crippen molar-refractivity contribution in [1.82, 2.24) is 14.8 Å². The van der Waals surface area contributed by atoms with E-state index in [1.54, 1.807) is 6.07 Å². The minimum atomic E-state index is -4.39. The normalized spacial score (nSPS) is 11.8. The summed E-state index contributed by atoms with van der Waals surface area (Å²) in [5, 5.41) is 7.59. The second-order valence-corrected chi connectivity index (χ2v) is 4.32. The predicted molar refractivity (Wildman–Crippen MR) is 65.0 cm³/mol. The van der Waals surface area contributed by atoms with Gasteiger partial charge in [-0.25, -0.2) is 0 Å². The van der Waals surface area contributed by atoms with Crippen LogP contribution >= 0.6 is 11.6 Å². The van der Waals surface area contributed by atoms with Gasteiger partial charge in [0.15, 0.2) is 0 Å². The third-order valence-corrected chi connectivity index (χ3v) is 3.03. The van der Waals surface area contributed by atoms with Crippen LogP contribution in [-0.4, -0.2) is 14.8 Å². The molecule has 0 saturated carbocycles. The van der Waals surface area contributed by atoms with Crippen LogP contribution < -0.4 is 0 Å². The zero-order valence-corrected chi connectivity index (χ0v) is 10.8. The van der Waals surface area contributed by atoms with Gasteiger partial charge in [0.25, 0.3) is 0 Å². The molecule has 0 N–H and O–H groups in total. The number of alkyl halides is 3. The summed E-state index contributed by atoms with van der Waals surface area (Å²) in [7, 11) is 0. The first-order valence-electron chi connectivity index (χ1n) is 5.66. The minimum absolute atomic E-state index is 0.00465. The topological polar surface area (TPSA) is 30.7 Å². The van der Waals surface area contributed by atoms with Gasteiger partial charge in [-0.1, -0.05) is 25.1 Å². The highest BCUT2D eigenvalue weighted by atomic mass is 35.5. The fourth-order valence-corrected chi connectivity index (χ4v) is 2.03. The van der Waals surface area contributed by atoms with E-state index in [0.717, 1.165) is 6.07 Å². The predicted octanol–water partition coefficient (Wildman–Crippen LogP) is 3.56. The lowest BCUT2D eigenvalue weighted by Gasteiger charge is -2.14. The lowest BCUT2D eigenvalue weighted by molar-refractivity contribution is -0.138. The molecule has 0 radical (unpaired) electrons. The van der Waals surface area contributed by atoms with E-state index < -0.39 is 11.7 Å². The maximum absolute atomic E-state index is 12.9. The summed E-state index contributed by atoms with van der Waals surface area (Å²) in [5.74, 6) is 0.557. The van der Waals surface area contributed by atoms with E-state index in [-0.39, 0.29) is 17.4 Å². The van der Waals surface area contributed by atoms with Crippen LogP contribution in [0.3, 0.4) is 0 Å². The van der Waals surface area contributed by atoms with Gasteiger partial charge in [0.1, 0.15) is 5.82 Å².